The van der Waals surface area contributed by atoms with Crippen molar-refractivity contribution in [3.8, 4) is 16.3 Å². The van der Waals surface area contributed by atoms with Gasteiger partial charge in [-0.2, -0.15) is 0 Å². The van der Waals surface area contributed by atoms with Crippen molar-refractivity contribution in [2.75, 3.05) is 11.9 Å². The Morgan fingerprint density at radius 2 is 1.89 bits per heavy atom. The zero-order valence-corrected chi connectivity index (χ0v) is 17.6. The highest BCUT2D eigenvalue weighted by molar-refractivity contribution is 9.10. The Balaban J connectivity index is 1.54. The number of benzene rings is 3. The van der Waals surface area contributed by atoms with Crippen LogP contribution in [0.4, 0.5) is 5.69 Å². The van der Waals surface area contributed by atoms with Crippen LogP contribution in [0.15, 0.2) is 71.2 Å². The van der Waals surface area contributed by atoms with Gasteiger partial charge in [0, 0.05) is 15.1 Å². The molecule has 0 saturated carbocycles. The fraction of sp³-hybridized carbons (Fsp3) is 0.0476. The minimum absolute atomic E-state index is 0.100. The highest BCUT2D eigenvalue weighted by Crippen LogP contribution is 2.36. The van der Waals surface area contributed by atoms with Gasteiger partial charge in [-0.05, 0) is 54.6 Å². The first-order valence-corrected chi connectivity index (χ1v) is 10.4. The number of hydrogen-bond donors (Lipinski definition) is 1. The molecule has 3 aromatic carbocycles. The van der Waals surface area contributed by atoms with E-state index in [1.807, 2.05) is 42.5 Å². The largest absolute Gasteiger partial charge is 0.484 e. The number of fused-ring (bicyclic) bond motifs is 1. The fourth-order valence-corrected chi connectivity index (χ4v) is 4.14. The van der Waals surface area contributed by atoms with E-state index in [2.05, 4.69) is 21.2 Å². The molecule has 1 amide bonds. The minimum atomic E-state index is -0.250. The summed E-state index contributed by atoms with van der Waals surface area (Å²) in [5, 5.41) is 4.38. The summed E-state index contributed by atoms with van der Waals surface area (Å²) in [6.45, 7) is -0.100. The van der Waals surface area contributed by atoms with Gasteiger partial charge in [-0.25, -0.2) is 4.98 Å². The molecule has 4 rings (SSSR count). The molecule has 1 heterocycles. The summed E-state index contributed by atoms with van der Waals surface area (Å²) in [6, 6.07) is 20.5. The van der Waals surface area contributed by atoms with Crippen LogP contribution in [0, 0.1) is 0 Å². The lowest BCUT2D eigenvalue weighted by atomic mass is 10.2. The highest BCUT2D eigenvalue weighted by atomic mass is 79.9. The average Bonchev–Trinajstić information content (AvgIpc) is 3.13. The van der Waals surface area contributed by atoms with Gasteiger partial charge in [0.15, 0.2) is 6.61 Å². The number of rotatable bonds is 5. The van der Waals surface area contributed by atoms with Gasteiger partial charge in [0.05, 0.1) is 15.9 Å². The van der Waals surface area contributed by atoms with Gasteiger partial charge in [-0.15, -0.1) is 11.3 Å². The number of aromatic nitrogens is 1. The van der Waals surface area contributed by atoms with Gasteiger partial charge in [-0.3, -0.25) is 4.79 Å². The molecule has 0 bridgehead atoms. The lowest BCUT2D eigenvalue weighted by molar-refractivity contribution is -0.118. The first-order chi connectivity index (χ1) is 13.6. The Hall–Kier alpha value is -2.41. The number of nitrogens with zero attached hydrogens (tertiary/aromatic N) is 1. The topological polar surface area (TPSA) is 51.2 Å². The zero-order chi connectivity index (χ0) is 19.5. The number of anilines is 1. The maximum atomic E-state index is 12.4. The van der Waals surface area contributed by atoms with E-state index >= 15 is 0 Å². The fourth-order valence-electron chi connectivity index (χ4n) is 2.66. The number of nitrogens with one attached hydrogen (secondary N) is 1. The van der Waals surface area contributed by atoms with Crippen molar-refractivity contribution >= 4 is 60.7 Å². The number of amides is 1. The number of hydrogen-bond acceptors (Lipinski definition) is 4. The van der Waals surface area contributed by atoms with Crippen LogP contribution in [0.5, 0.6) is 5.75 Å². The number of thiazole rings is 1. The summed E-state index contributed by atoms with van der Waals surface area (Å²) in [5.74, 6) is 0.335. The van der Waals surface area contributed by atoms with Crippen molar-refractivity contribution in [3.63, 3.8) is 0 Å². The van der Waals surface area contributed by atoms with E-state index in [1.54, 1.807) is 35.6 Å². The van der Waals surface area contributed by atoms with Crippen LogP contribution in [0.25, 0.3) is 20.8 Å². The predicted molar refractivity (Wildman–Crippen MR) is 118 cm³/mol. The Labute approximate surface area is 179 Å². The zero-order valence-electron chi connectivity index (χ0n) is 14.5. The van der Waals surface area contributed by atoms with Crippen molar-refractivity contribution < 1.29 is 9.53 Å². The van der Waals surface area contributed by atoms with E-state index in [9.17, 15) is 4.79 Å². The number of ether oxygens (including phenoxy) is 1. The molecular weight excluding hydrogens is 460 g/mol. The van der Waals surface area contributed by atoms with E-state index in [0.717, 1.165) is 25.3 Å². The van der Waals surface area contributed by atoms with E-state index in [1.165, 1.54) is 0 Å². The SMILES string of the molecule is O=C(COc1ccc(Cl)cc1)Nc1ccc(Br)cc1-c1nc2ccccc2s1. The van der Waals surface area contributed by atoms with Crippen LogP contribution < -0.4 is 10.1 Å². The first kappa shape index (κ1) is 18.9. The van der Waals surface area contributed by atoms with Gasteiger partial charge < -0.3 is 10.1 Å². The standard InChI is InChI=1S/C21H14BrClN2O2S/c22-13-5-10-17(24-20(26)12-27-15-8-6-14(23)7-9-15)16(11-13)21-25-18-3-1-2-4-19(18)28-21/h1-11H,12H2,(H,24,26). The monoisotopic (exact) mass is 472 g/mol. The Kier molecular flexibility index (Phi) is 5.62. The Morgan fingerprint density at radius 1 is 1.11 bits per heavy atom. The molecule has 0 radical (unpaired) electrons. The van der Waals surface area contributed by atoms with Crippen molar-refractivity contribution in [1.82, 2.24) is 4.98 Å². The van der Waals surface area contributed by atoms with Crippen LogP contribution in [0.1, 0.15) is 0 Å². The van der Waals surface area contributed by atoms with Crippen LogP contribution in [0.3, 0.4) is 0 Å². The third-order valence-electron chi connectivity index (χ3n) is 3.96. The summed E-state index contributed by atoms with van der Waals surface area (Å²) in [6.07, 6.45) is 0. The maximum Gasteiger partial charge on any atom is 0.262 e. The molecule has 0 fully saturated rings. The normalized spacial score (nSPS) is 10.8. The van der Waals surface area contributed by atoms with E-state index in [-0.39, 0.29) is 12.5 Å². The van der Waals surface area contributed by atoms with E-state index < -0.39 is 0 Å². The molecular formula is C21H14BrClN2O2S. The summed E-state index contributed by atoms with van der Waals surface area (Å²) in [5.41, 5.74) is 2.48. The third kappa shape index (κ3) is 4.35. The summed E-state index contributed by atoms with van der Waals surface area (Å²) >= 11 is 10.9. The summed E-state index contributed by atoms with van der Waals surface area (Å²) in [7, 11) is 0. The molecule has 7 heteroatoms. The number of halogens is 2. The molecule has 0 aliphatic carbocycles. The molecule has 0 aliphatic heterocycles. The van der Waals surface area contributed by atoms with Crippen LogP contribution in [-0.2, 0) is 4.79 Å². The van der Waals surface area contributed by atoms with Crippen LogP contribution in [0.2, 0.25) is 5.02 Å². The van der Waals surface area contributed by atoms with E-state index in [0.29, 0.717) is 16.5 Å². The second-order valence-corrected chi connectivity index (χ2v) is 8.35. The number of carbonyl (C=O) groups is 1. The highest BCUT2D eigenvalue weighted by Gasteiger charge is 2.14. The van der Waals surface area contributed by atoms with Crippen LogP contribution in [-0.4, -0.2) is 17.5 Å². The van der Waals surface area contributed by atoms with Gasteiger partial charge in [0.25, 0.3) is 5.91 Å². The van der Waals surface area contributed by atoms with Crippen molar-refractivity contribution in [3.05, 3.63) is 76.2 Å². The summed E-state index contributed by atoms with van der Waals surface area (Å²) in [4.78, 5) is 17.1. The third-order valence-corrected chi connectivity index (χ3v) is 5.78. The van der Waals surface area contributed by atoms with Crippen molar-refractivity contribution in [2.45, 2.75) is 0 Å². The Bertz CT molecular complexity index is 1110. The van der Waals surface area contributed by atoms with Gasteiger partial charge in [0.1, 0.15) is 10.8 Å². The lowest BCUT2D eigenvalue weighted by Crippen LogP contribution is -2.20. The Morgan fingerprint density at radius 3 is 2.68 bits per heavy atom. The molecule has 0 saturated heterocycles. The van der Waals surface area contributed by atoms with Crippen molar-refractivity contribution in [2.24, 2.45) is 0 Å². The molecule has 0 spiro atoms. The smallest absolute Gasteiger partial charge is 0.262 e. The van der Waals surface area contributed by atoms with Gasteiger partial charge in [-0.1, -0.05) is 39.7 Å². The minimum Gasteiger partial charge on any atom is -0.484 e. The number of carbonyl (C=O) groups excluding carboxylic acids is 1. The molecule has 1 aromatic heterocycles. The second-order valence-electron chi connectivity index (χ2n) is 5.97. The average molecular weight is 474 g/mol. The molecule has 1 N–H and O–H groups in total. The van der Waals surface area contributed by atoms with E-state index in [4.69, 9.17) is 21.3 Å². The molecule has 140 valence electrons. The molecule has 0 aliphatic rings. The predicted octanol–water partition coefficient (Wildman–Crippen LogP) is 6.40. The first-order valence-electron chi connectivity index (χ1n) is 8.42. The quantitative estimate of drug-likeness (QED) is 0.365. The van der Waals surface area contributed by atoms with Gasteiger partial charge >= 0.3 is 0 Å². The number of para-hydroxylation sites is 1. The molecule has 4 nitrogen and oxygen atoms in total. The van der Waals surface area contributed by atoms with Crippen molar-refractivity contribution in [1.29, 1.82) is 0 Å². The molecule has 0 unspecified atom stereocenters. The summed E-state index contributed by atoms with van der Waals surface area (Å²) < 4.78 is 7.53. The maximum absolute atomic E-state index is 12.4. The molecule has 4 aromatic rings. The van der Waals surface area contributed by atoms with Gasteiger partial charge in [0.2, 0.25) is 0 Å². The van der Waals surface area contributed by atoms with Crippen LogP contribution >= 0.6 is 38.9 Å². The lowest BCUT2D eigenvalue weighted by Gasteiger charge is -2.11. The molecule has 28 heavy (non-hydrogen) atoms. The second kappa shape index (κ2) is 8.31. The molecule has 0 atom stereocenters.